The number of nitrogens with zero attached hydrogens (tertiary/aromatic N) is 3. The van der Waals surface area contributed by atoms with Crippen molar-refractivity contribution in [2.45, 2.75) is 64.0 Å². The number of benzene rings is 1. The molecular formula is C27H41F3N4O6. The number of methoxy groups -OCH3 is 1. The average Bonchev–Trinajstić information content (AvgIpc) is 2.86. The molecule has 1 heterocycles. The van der Waals surface area contributed by atoms with Gasteiger partial charge in [0.15, 0.2) is 11.9 Å². The van der Waals surface area contributed by atoms with Crippen molar-refractivity contribution in [2.24, 2.45) is 5.73 Å². The summed E-state index contributed by atoms with van der Waals surface area (Å²) >= 11 is 0. The number of likely N-dealkylation sites (tertiary alicyclic amines) is 1. The Morgan fingerprint density at radius 3 is 2.35 bits per heavy atom. The number of piperidine rings is 1. The quantitative estimate of drug-likeness (QED) is 0.422. The van der Waals surface area contributed by atoms with Crippen LogP contribution in [0.4, 0.5) is 23.7 Å². The molecule has 1 aromatic carbocycles. The van der Waals surface area contributed by atoms with Crippen molar-refractivity contribution >= 4 is 24.0 Å². The Balaban J connectivity index is 2.53. The first kappa shape index (κ1) is 33.1. The van der Waals surface area contributed by atoms with E-state index in [4.69, 9.17) is 19.9 Å². The number of likely N-dealkylation sites (N-methyl/N-ethyl adjacent to an activating group) is 2. The number of rotatable bonds is 10. The molecule has 13 heteroatoms. The summed E-state index contributed by atoms with van der Waals surface area (Å²) in [5.41, 5.74) is 1.74. The molecule has 0 aliphatic carbocycles. The van der Waals surface area contributed by atoms with Crippen LogP contribution in [-0.4, -0.2) is 99.3 Å². The maximum Gasteiger partial charge on any atom is 0.417 e. The average molecular weight is 575 g/mol. The maximum absolute atomic E-state index is 14.3. The van der Waals surface area contributed by atoms with E-state index < -0.39 is 46.5 Å². The van der Waals surface area contributed by atoms with E-state index in [-0.39, 0.29) is 37.7 Å². The van der Waals surface area contributed by atoms with E-state index in [1.807, 2.05) is 0 Å². The molecule has 1 aliphatic heterocycles. The number of hydrogen-bond donors (Lipinski definition) is 1. The van der Waals surface area contributed by atoms with Gasteiger partial charge in [0.05, 0.1) is 23.4 Å². The van der Waals surface area contributed by atoms with Crippen molar-refractivity contribution in [1.82, 2.24) is 9.80 Å². The molecule has 2 amide bonds. The van der Waals surface area contributed by atoms with Gasteiger partial charge in [0.1, 0.15) is 11.4 Å². The molecule has 0 radical (unpaired) electrons. The van der Waals surface area contributed by atoms with Gasteiger partial charge in [-0.2, -0.15) is 13.2 Å². The van der Waals surface area contributed by atoms with Crippen LogP contribution in [0.3, 0.4) is 0 Å². The number of alkyl halides is 3. The van der Waals surface area contributed by atoms with Gasteiger partial charge in [-0.25, -0.2) is 4.79 Å². The first-order valence-corrected chi connectivity index (χ1v) is 13.0. The highest BCUT2D eigenvalue weighted by atomic mass is 19.4. The number of anilines is 1. The number of amides is 2. The van der Waals surface area contributed by atoms with Gasteiger partial charge < -0.3 is 34.6 Å². The number of nitrogens with two attached hydrogens (primary N) is 1. The fourth-order valence-corrected chi connectivity index (χ4v) is 4.42. The van der Waals surface area contributed by atoms with Crippen LogP contribution in [0.25, 0.3) is 0 Å². The predicted molar refractivity (Wildman–Crippen MR) is 144 cm³/mol. The number of aldehydes is 1. The lowest BCUT2D eigenvalue weighted by molar-refractivity contribution is -0.138. The van der Waals surface area contributed by atoms with Crippen molar-refractivity contribution in [3.05, 3.63) is 23.3 Å². The summed E-state index contributed by atoms with van der Waals surface area (Å²) < 4.78 is 59.2. The van der Waals surface area contributed by atoms with E-state index in [0.717, 1.165) is 12.1 Å². The molecule has 40 heavy (non-hydrogen) atoms. The van der Waals surface area contributed by atoms with Gasteiger partial charge in [-0.05, 0) is 52.7 Å². The molecule has 2 rings (SSSR count). The maximum atomic E-state index is 14.3. The standard InChI is InChI=1S/C27H41F3N4O6/c1-25(2,3)40-24(37)34-11-8-9-18(15-34)33(6)23(36)19-13-21(32(5)12-10-31)22(14-20(19)27(28,29)30)39-26(4,16-35)17-38-7/h13-14,16,18H,8-12,15,17,31H2,1-7H3/t18-,26?/m1/s1. The first-order chi connectivity index (χ1) is 18.5. The second kappa shape index (κ2) is 13.1. The smallest absolute Gasteiger partial charge is 0.417 e. The molecule has 1 unspecified atom stereocenters. The molecule has 0 aromatic heterocycles. The third-order valence-corrected chi connectivity index (χ3v) is 6.45. The largest absolute Gasteiger partial charge is 0.475 e. The molecule has 0 bridgehead atoms. The normalized spacial score (nSPS) is 17.6. The lowest BCUT2D eigenvalue weighted by Crippen LogP contribution is -2.51. The zero-order valence-electron chi connectivity index (χ0n) is 24.3. The van der Waals surface area contributed by atoms with Crippen LogP contribution in [0.2, 0.25) is 0 Å². The van der Waals surface area contributed by atoms with Crippen LogP contribution in [0.5, 0.6) is 5.75 Å². The topological polar surface area (TPSA) is 115 Å². The SMILES string of the molecule is COCC(C)(C=O)Oc1cc(C(F)(F)F)c(C(=O)N(C)[C@@H]2CCCN(C(=O)OC(C)(C)C)C2)cc1N(C)CCN. The van der Waals surface area contributed by atoms with Gasteiger partial charge in [0.25, 0.3) is 5.91 Å². The Morgan fingerprint density at radius 2 is 1.82 bits per heavy atom. The molecule has 2 atom stereocenters. The number of ether oxygens (including phenoxy) is 3. The van der Waals surface area contributed by atoms with E-state index >= 15 is 0 Å². The summed E-state index contributed by atoms with van der Waals surface area (Å²) in [4.78, 5) is 42.2. The van der Waals surface area contributed by atoms with Gasteiger partial charge in [0.2, 0.25) is 0 Å². The van der Waals surface area contributed by atoms with E-state index in [1.54, 1.807) is 32.7 Å². The monoisotopic (exact) mass is 574 g/mol. The lowest BCUT2D eigenvalue weighted by Gasteiger charge is -2.38. The van der Waals surface area contributed by atoms with Crippen LogP contribution in [0.15, 0.2) is 12.1 Å². The summed E-state index contributed by atoms with van der Waals surface area (Å²) in [7, 11) is 4.34. The van der Waals surface area contributed by atoms with Gasteiger partial charge >= 0.3 is 12.3 Å². The number of carbonyl (C=O) groups excluding carboxylic acids is 3. The Labute approximate surface area is 233 Å². The van der Waals surface area contributed by atoms with Crippen LogP contribution in [0.1, 0.15) is 56.5 Å². The highest BCUT2D eigenvalue weighted by Gasteiger charge is 2.40. The highest BCUT2D eigenvalue weighted by Crippen LogP contribution is 2.41. The molecule has 1 aliphatic rings. The summed E-state index contributed by atoms with van der Waals surface area (Å²) in [6.45, 7) is 7.33. The molecule has 1 saturated heterocycles. The third-order valence-electron chi connectivity index (χ3n) is 6.45. The van der Waals surface area contributed by atoms with E-state index in [2.05, 4.69) is 0 Å². The van der Waals surface area contributed by atoms with Crippen molar-refractivity contribution in [3.63, 3.8) is 0 Å². The lowest BCUT2D eigenvalue weighted by atomic mass is 10.00. The van der Waals surface area contributed by atoms with Crippen LogP contribution < -0.4 is 15.4 Å². The fraction of sp³-hybridized carbons (Fsp3) is 0.667. The zero-order valence-corrected chi connectivity index (χ0v) is 24.3. The minimum atomic E-state index is -4.91. The molecule has 226 valence electrons. The van der Waals surface area contributed by atoms with E-state index in [1.165, 1.54) is 30.9 Å². The summed E-state index contributed by atoms with van der Waals surface area (Å²) in [5.74, 6) is -1.12. The van der Waals surface area contributed by atoms with E-state index in [0.29, 0.717) is 25.7 Å². The fourth-order valence-electron chi connectivity index (χ4n) is 4.42. The van der Waals surface area contributed by atoms with E-state index in [9.17, 15) is 27.6 Å². The van der Waals surface area contributed by atoms with Gasteiger partial charge in [-0.1, -0.05) is 0 Å². The molecule has 0 spiro atoms. The third kappa shape index (κ3) is 8.47. The summed E-state index contributed by atoms with van der Waals surface area (Å²) in [6, 6.07) is 1.31. The molecule has 1 aromatic rings. The molecule has 1 fully saturated rings. The van der Waals surface area contributed by atoms with Crippen LogP contribution in [-0.2, 0) is 20.4 Å². The number of carbonyl (C=O) groups is 3. The van der Waals surface area contributed by atoms with Crippen LogP contribution >= 0.6 is 0 Å². The molecule has 10 nitrogen and oxygen atoms in total. The Hall–Kier alpha value is -3.06. The first-order valence-electron chi connectivity index (χ1n) is 13.0. The van der Waals surface area contributed by atoms with Crippen molar-refractivity contribution < 1.29 is 41.8 Å². The number of halogens is 3. The molecular weight excluding hydrogens is 533 g/mol. The Morgan fingerprint density at radius 1 is 1.18 bits per heavy atom. The highest BCUT2D eigenvalue weighted by molar-refractivity contribution is 5.97. The number of hydrogen-bond acceptors (Lipinski definition) is 8. The van der Waals surface area contributed by atoms with Gasteiger partial charge in [-0.3, -0.25) is 9.59 Å². The Bertz CT molecular complexity index is 1060. The summed E-state index contributed by atoms with van der Waals surface area (Å²) in [5, 5.41) is 0. The summed E-state index contributed by atoms with van der Waals surface area (Å²) in [6.07, 6.45) is -3.96. The second-order valence-electron chi connectivity index (χ2n) is 11.2. The Kier molecular flexibility index (Phi) is 10.8. The van der Waals surface area contributed by atoms with Crippen molar-refractivity contribution in [1.29, 1.82) is 0 Å². The second-order valence-corrected chi connectivity index (χ2v) is 11.2. The van der Waals surface area contributed by atoms with Crippen LogP contribution in [0, 0.1) is 0 Å². The minimum absolute atomic E-state index is 0.119. The van der Waals surface area contributed by atoms with Gasteiger partial charge in [0, 0.05) is 53.4 Å². The molecule has 0 saturated carbocycles. The van der Waals surface area contributed by atoms with Crippen molar-refractivity contribution in [2.75, 3.05) is 58.9 Å². The van der Waals surface area contributed by atoms with Gasteiger partial charge in [-0.15, -0.1) is 0 Å². The zero-order chi connectivity index (χ0) is 30.5. The van der Waals surface area contributed by atoms with Crippen molar-refractivity contribution in [3.8, 4) is 5.75 Å². The molecule has 2 N–H and O–H groups in total. The minimum Gasteiger partial charge on any atom is -0.475 e. The predicted octanol–water partition coefficient (Wildman–Crippen LogP) is 3.55.